The number of para-hydroxylation sites is 1. The normalized spacial score (nSPS) is 10.8. The first-order valence-corrected chi connectivity index (χ1v) is 8.46. The van der Waals surface area contributed by atoms with E-state index in [0.717, 1.165) is 16.6 Å². The number of aromatic nitrogens is 2. The third-order valence-electron chi connectivity index (χ3n) is 4.21. The zero-order valence-electron chi connectivity index (χ0n) is 14.6. The highest BCUT2D eigenvalue weighted by Gasteiger charge is 2.08. The summed E-state index contributed by atoms with van der Waals surface area (Å²) in [6.07, 6.45) is 1.58. The number of carbonyl (C=O) groups is 1. The maximum Gasteiger partial charge on any atom is 0.222 e. The summed E-state index contributed by atoms with van der Waals surface area (Å²) in [6.45, 7) is 1.38. The Morgan fingerprint density at radius 1 is 1.12 bits per heavy atom. The summed E-state index contributed by atoms with van der Waals surface area (Å²) in [5, 5.41) is 7.68. The van der Waals surface area contributed by atoms with Gasteiger partial charge in [-0.3, -0.25) is 14.3 Å². The Hall–Kier alpha value is -2.99. The molecule has 0 saturated carbocycles. The molecule has 1 heterocycles. The highest BCUT2D eigenvalue weighted by molar-refractivity contribution is 5.79. The van der Waals surface area contributed by atoms with Gasteiger partial charge in [-0.1, -0.05) is 36.4 Å². The van der Waals surface area contributed by atoms with Gasteiger partial charge in [0, 0.05) is 25.5 Å². The molecule has 0 atom stereocenters. The maximum atomic E-state index is 12.2. The van der Waals surface area contributed by atoms with E-state index in [-0.39, 0.29) is 17.8 Å². The second-order valence-electron chi connectivity index (χ2n) is 5.98. The number of hydrogen-bond acceptors (Lipinski definition) is 4. The van der Waals surface area contributed by atoms with Crippen LogP contribution in [-0.2, 0) is 29.2 Å². The molecular formula is C20H21N3O3. The zero-order valence-corrected chi connectivity index (χ0v) is 14.6. The van der Waals surface area contributed by atoms with Crippen LogP contribution >= 0.6 is 0 Å². The number of aryl methyl sites for hydroxylation is 1. The summed E-state index contributed by atoms with van der Waals surface area (Å²) in [5.41, 5.74) is 2.72. The van der Waals surface area contributed by atoms with E-state index in [2.05, 4.69) is 10.4 Å². The molecule has 0 spiro atoms. The molecule has 1 N–H and O–H groups in total. The van der Waals surface area contributed by atoms with Gasteiger partial charge in [0.05, 0.1) is 24.9 Å². The SMILES string of the molecule is COCc1ccccc1CNC(=O)CCn1ncc(=O)c2ccccc21. The van der Waals surface area contributed by atoms with Crippen molar-refractivity contribution in [2.75, 3.05) is 7.11 Å². The molecule has 134 valence electrons. The molecule has 0 aliphatic rings. The van der Waals surface area contributed by atoms with Crippen molar-refractivity contribution in [3.8, 4) is 0 Å². The van der Waals surface area contributed by atoms with Gasteiger partial charge in [-0.15, -0.1) is 0 Å². The number of methoxy groups -OCH3 is 1. The number of nitrogens with zero attached hydrogens (tertiary/aromatic N) is 2. The molecule has 6 heteroatoms. The Kier molecular flexibility index (Phi) is 5.76. The third kappa shape index (κ3) is 4.15. The summed E-state index contributed by atoms with van der Waals surface area (Å²) in [5.74, 6) is -0.0678. The first-order chi connectivity index (χ1) is 12.7. The van der Waals surface area contributed by atoms with Crippen molar-refractivity contribution in [3.05, 3.63) is 76.1 Å². The summed E-state index contributed by atoms with van der Waals surface area (Å²) >= 11 is 0. The second-order valence-corrected chi connectivity index (χ2v) is 5.98. The van der Waals surface area contributed by atoms with Gasteiger partial charge in [0.1, 0.15) is 0 Å². The number of hydrogen-bond donors (Lipinski definition) is 1. The van der Waals surface area contributed by atoms with Crippen LogP contribution in [0.2, 0.25) is 0 Å². The van der Waals surface area contributed by atoms with E-state index in [9.17, 15) is 9.59 Å². The molecule has 0 saturated heterocycles. The first kappa shape index (κ1) is 17.8. The van der Waals surface area contributed by atoms with E-state index in [4.69, 9.17) is 4.74 Å². The predicted octanol–water partition coefficient (Wildman–Crippen LogP) is 2.25. The van der Waals surface area contributed by atoms with Gasteiger partial charge in [0.2, 0.25) is 11.3 Å². The Morgan fingerprint density at radius 2 is 1.85 bits per heavy atom. The fraction of sp³-hybridized carbons (Fsp3) is 0.250. The average Bonchev–Trinajstić information content (AvgIpc) is 2.67. The molecule has 3 rings (SSSR count). The van der Waals surface area contributed by atoms with Crippen molar-refractivity contribution in [2.45, 2.75) is 26.1 Å². The van der Waals surface area contributed by atoms with E-state index in [1.807, 2.05) is 42.5 Å². The lowest BCUT2D eigenvalue weighted by atomic mass is 10.1. The molecule has 0 fully saturated rings. The van der Waals surface area contributed by atoms with Crippen LogP contribution < -0.4 is 10.7 Å². The van der Waals surface area contributed by atoms with Gasteiger partial charge in [0.15, 0.2) is 0 Å². The highest BCUT2D eigenvalue weighted by atomic mass is 16.5. The Labute approximate surface area is 151 Å². The predicted molar refractivity (Wildman–Crippen MR) is 99.6 cm³/mol. The largest absolute Gasteiger partial charge is 0.380 e. The minimum atomic E-state index is -0.115. The van der Waals surface area contributed by atoms with E-state index in [1.165, 1.54) is 6.20 Å². The molecular weight excluding hydrogens is 330 g/mol. The van der Waals surface area contributed by atoms with Gasteiger partial charge in [-0.25, -0.2) is 0 Å². The third-order valence-corrected chi connectivity index (χ3v) is 4.21. The summed E-state index contributed by atoms with van der Waals surface area (Å²) < 4.78 is 6.87. The summed E-state index contributed by atoms with van der Waals surface area (Å²) in [7, 11) is 1.65. The van der Waals surface area contributed by atoms with E-state index >= 15 is 0 Å². The van der Waals surface area contributed by atoms with Crippen LogP contribution in [0, 0.1) is 0 Å². The molecule has 6 nitrogen and oxygen atoms in total. The van der Waals surface area contributed by atoms with Crippen molar-refractivity contribution in [1.29, 1.82) is 0 Å². The Bertz CT molecular complexity index is 966. The second kappa shape index (κ2) is 8.40. The van der Waals surface area contributed by atoms with Crippen LogP contribution in [0.25, 0.3) is 10.9 Å². The van der Waals surface area contributed by atoms with E-state index < -0.39 is 0 Å². The molecule has 0 bridgehead atoms. The number of carbonyl (C=O) groups excluding carboxylic acids is 1. The van der Waals surface area contributed by atoms with Crippen LogP contribution in [0.1, 0.15) is 17.5 Å². The van der Waals surface area contributed by atoms with Crippen LogP contribution in [0.3, 0.4) is 0 Å². The van der Waals surface area contributed by atoms with Crippen molar-refractivity contribution in [3.63, 3.8) is 0 Å². The van der Waals surface area contributed by atoms with Gasteiger partial charge >= 0.3 is 0 Å². The van der Waals surface area contributed by atoms with Crippen molar-refractivity contribution >= 4 is 16.8 Å². The number of ether oxygens (including phenoxy) is 1. The van der Waals surface area contributed by atoms with Crippen LogP contribution in [0.5, 0.6) is 0 Å². The van der Waals surface area contributed by atoms with Crippen LogP contribution in [0.15, 0.2) is 59.5 Å². The minimum absolute atomic E-state index is 0.0678. The molecule has 0 aliphatic carbocycles. The smallest absolute Gasteiger partial charge is 0.222 e. The molecule has 1 amide bonds. The molecule has 1 aromatic heterocycles. The summed E-state index contributed by atoms with van der Waals surface area (Å²) in [6, 6.07) is 15.1. The van der Waals surface area contributed by atoms with Gasteiger partial charge < -0.3 is 10.1 Å². The van der Waals surface area contributed by atoms with Gasteiger partial charge in [-0.2, -0.15) is 5.10 Å². The number of fused-ring (bicyclic) bond motifs is 1. The van der Waals surface area contributed by atoms with Crippen LogP contribution in [0.4, 0.5) is 0 Å². The van der Waals surface area contributed by atoms with Crippen molar-refractivity contribution in [1.82, 2.24) is 15.1 Å². The van der Waals surface area contributed by atoms with E-state index in [0.29, 0.717) is 25.1 Å². The zero-order chi connectivity index (χ0) is 18.4. The Morgan fingerprint density at radius 3 is 2.65 bits per heavy atom. The van der Waals surface area contributed by atoms with Crippen molar-refractivity contribution in [2.24, 2.45) is 0 Å². The van der Waals surface area contributed by atoms with Gasteiger partial charge in [0.25, 0.3) is 0 Å². The van der Waals surface area contributed by atoms with E-state index in [1.54, 1.807) is 17.9 Å². The first-order valence-electron chi connectivity index (χ1n) is 8.46. The minimum Gasteiger partial charge on any atom is -0.380 e. The summed E-state index contributed by atoms with van der Waals surface area (Å²) in [4.78, 5) is 24.1. The Balaban J connectivity index is 1.62. The average molecular weight is 351 g/mol. The van der Waals surface area contributed by atoms with Crippen LogP contribution in [-0.4, -0.2) is 22.8 Å². The molecule has 0 radical (unpaired) electrons. The lowest BCUT2D eigenvalue weighted by Crippen LogP contribution is -2.25. The molecule has 2 aromatic carbocycles. The fourth-order valence-electron chi connectivity index (χ4n) is 2.86. The standard InChI is InChI=1S/C20H21N3O3/c1-26-14-16-7-3-2-6-15(16)12-21-20(25)10-11-23-18-9-5-4-8-17(18)19(24)13-22-23/h2-9,13H,10-12,14H2,1H3,(H,21,25). The fourth-order valence-corrected chi connectivity index (χ4v) is 2.86. The van der Waals surface area contributed by atoms with Crippen molar-refractivity contribution < 1.29 is 9.53 Å². The highest BCUT2D eigenvalue weighted by Crippen LogP contribution is 2.10. The molecule has 0 aliphatic heterocycles. The number of amides is 1. The monoisotopic (exact) mass is 351 g/mol. The molecule has 26 heavy (non-hydrogen) atoms. The lowest BCUT2D eigenvalue weighted by molar-refractivity contribution is -0.121. The molecule has 0 unspecified atom stereocenters. The molecule has 3 aromatic rings. The quantitative estimate of drug-likeness (QED) is 0.709. The number of rotatable bonds is 7. The number of benzene rings is 2. The van der Waals surface area contributed by atoms with Gasteiger partial charge in [-0.05, 0) is 23.3 Å². The lowest BCUT2D eigenvalue weighted by Gasteiger charge is -2.11. The topological polar surface area (TPSA) is 73.2 Å². The number of nitrogens with one attached hydrogen (secondary N) is 1. The maximum absolute atomic E-state index is 12.2.